The maximum Gasteiger partial charge on any atom is 0.246 e. The molecule has 0 bridgehead atoms. The highest BCUT2D eigenvalue weighted by molar-refractivity contribution is 7.89. The highest BCUT2D eigenvalue weighted by Gasteiger charge is 2.25. The molecule has 2 rings (SSSR count). The summed E-state index contributed by atoms with van der Waals surface area (Å²) in [5.74, 6) is 0.365. The topological polar surface area (TPSA) is 46.6 Å². The lowest BCUT2D eigenvalue weighted by Gasteiger charge is -2.19. The minimum absolute atomic E-state index is 0.202. The van der Waals surface area contributed by atoms with Gasteiger partial charge >= 0.3 is 0 Å². The van der Waals surface area contributed by atoms with Crippen molar-refractivity contribution in [2.75, 3.05) is 14.2 Å². The third-order valence-corrected chi connectivity index (χ3v) is 5.67. The van der Waals surface area contributed by atoms with Crippen LogP contribution in [-0.2, 0) is 23.0 Å². The fourth-order valence-electron chi connectivity index (χ4n) is 2.38. The summed E-state index contributed by atoms with van der Waals surface area (Å²) in [5, 5.41) is 0. The third kappa shape index (κ3) is 3.92. The second kappa shape index (κ2) is 7.15. The average molecular weight is 333 g/mol. The second-order valence-electron chi connectivity index (χ2n) is 5.59. The van der Waals surface area contributed by atoms with E-state index in [-0.39, 0.29) is 4.90 Å². The number of rotatable bonds is 6. The summed E-state index contributed by atoms with van der Waals surface area (Å²) in [5.41, 5.74) is 3.07. The van der Waals surface area contributed by atoms with Gasteiger partial charge in [0.1, 0.15) is 10.6 Å². The fourth-order valence-corrected chi connectivity index (χ4v) is 3.77. The quantitative estimate of drug-likeness (QED) is 0.814. The normalized spacial score (nSPS) is 11.7. The van der Waals surface area contributed by atoms with Crippen molar-refractivity contribution in [3.63, 3.8) is 0 Å². The van der Waals surface area contributed by atoms with Gasteiger partial charge in [0.25, 0.3) is 0 Å². The maximum absolute atomic E-state index is 12.8. The van der Waals surface area contributed by atoms with Crippen LogP contribution in [0.3, 0.4) is 0 Å². The summed E-state index contributed by atoms with van der Waals surface area (Å²) in [4.78, 5) is 0.202. The number of hydrogen-bond acceptors (Lipinski definition) is 3. The summed E-state index contributed by atoms with van der Waals surface area (Å²) in [7, 11) is -0.542. The Bertz CT molecular complexity index is 767. The Hall–Kier alpha value is -1.85. The first-order valence-electron chi connectivity index (χ1n) is 7.57. The molecule has 0 aliphatic heterocycles. The zero-order valence-electron chi connectivity index (χ0n) is 14.0. The Morgan fingerprint density at radius 2 is 1.65 bits per heavy atom. The van der Waals surface area contributed by atoms with Crippen LogP contribution < -0.4 is 4.74 Å². The van der Waals surface area contributed by atoms with Crippen LogP contribution in [0.1, 0.15) is 23.6 Å². The molecule has 0 amide bonds. The van der Waals surface area contributed by atoms with Crippen LogP contribution in [0.15, 0.2) is 47.4 Å². The standard InChI is InChI=1S/C18H23NO3S/c1-5-15-7-9-16(10-8-15)13-19(3)23(20,21)18-12-14(2)6-11-17(18)22-4/h6-12H,5,13H2,1-4H3. The Morgan fingerprint density at radius 3 is 2.22 bits per heavy atom. The van der Waals surface area contributed by atoms with Crippen LogP contribution in [0.5, 0.6) is 5.75 Å². The van der Waals surface area contributed by atoms with Gasteiger partial charge in [-0.2, -0.15) is 4.31 Å². The van der Waals surface area contributed by atoms with E-state index < -0.39 is 10.0 Å². The van der Waals surface area contributed by atoms with Gasteiger partial charge in [-0.3, -0.25) is 0 Å². The largest absolute Gasteiger partial charge is 0.495 e. The Morgan fingerprint density at radius 1 is 1.04 bits per heavy atom. The smallest absolute Gasteiger partial charge is 0.246 e. The summed E-state index contributed by atoms with van der Waals surface area (Å²) in [6.07, 6.45) is 0.967. The van der Waals surface area contributed by atoms with Crippen molar-refractivity contribution in [1.29, 1.82) is 0 Å². The zero-order valence-corrected chi connectivity index (χ0v) is 14.9. The molecule has 0 saturated heterocycles. The molecule has 0 aliphatic rings. The summed E-state index contributed by atoms with van der Waals surface area (Å²) in [6.45, 7) is 4.28. The summed E-state index contributed by atoms with van der Waals surface area (Å²) < 4.78 is 32.2. The van der Waals surface area contributed by atoms with Gasteiger partial charge in [-0.25, -0.2) is 8.42 Å². The number of sulfonamides is 1. The van der Waals surface area contributed by atoms with Gasteiger partial charge in [0.15, 0.2) is 0 Å². The van der Waals surface area contributed by atoms with Crippen LogP contribution in [0.2, 0.25) is 0 Å². The van der Waals surface area contributed by atoms with Gasteiger partial charge in [0, 0.05) is 13.6 Å². The minimum atomic E-state index is -3.61. The highest BCUT2D eigenvalue weighted by Crippen LogP contribution is 2.27. The van der Waals surface area contributed by atoms with E-state index in [2.05, 4.69) is 6.92 Å². The molecule has 0 unspecified atom stereocenters. The molecule has 0 atom stereocenters. The van der Waals surface area contributed by atoms with Crippen molar-refractivity contribution in [2.24, 2.45) is 0 Å². The molecule has 0 radical (unpaired) electrons. The van der Waals surface area contributed by atoms with E-state index in [1.807, 2.05) is 37.3 Å². The van der Waals surface area contributed by atoms with E-state index in [9.17, 15) is 8.42 Å². The number of ether oxygens (including phenoxy) is 1. The van der Waals surface area contributed by atoms with E-state index in [1.54, 1.807) is 19.2 Å². The number of hydrogen-bond donors (Lipinski definition) is 0. The lowest BCUT2D eigenvalue weighted by Crippen LogP contribution is -2.27. The molecule has 0 fully saturated rings. The Kier molecular flexibility index (Phi) is 5.44. The van der Waals surface area contributed by atoms with Gasteiger partial charge < -0.3 is 4.74 Å². The molecule has 0 aromatic heterocycles. The maximum atomic E-state index is 12.8. The second-order valence-corrected chi connectivity index (χ2v) is 7.60. The molecular weight excluding hydrogens is 310 g/mol. The third-order valence-electron chi connectivity index (χ3n) is 3.84. The number of aryl methyl sites for hydroxylation is 2. The highest BCUT2D eigenvalue weighted by atomic mass is 32.2. The molecule has 4 nitrogen and oxygen atoms in total. The number of nitrogens with zero attached hydrogens (tertiary/aromatic N) is 1. The van der Waals surface area contributed by atoms with E-state index in [0.29, 0.717) is 12.3 Å². The van der Waals surface area contributed by atoms with Crippen LogP contribution >= 0.6 is 0 Å². The minimum Gasteiger partial charge on any atom is -0.495 e. The molecule has 124 valence electrons. The average Bonchev–Trinajstić information content (AvgIpc) is 2.55. The molecule has 5 heteroatoms. The molecule has 0 spiro atoms. The van der Waals surface area contributed by atoms with Crippen LogP contribution in [-0.4, -0.2) is 26.9 Å². The molecule has 2 aromatic rings. The molecule has 2 aromatic carbocycles. The molecule has 0 heterocycles. The van der Waals surface area contributed by atoms with E-state index >= 15 is 0 Å². The number of benzene rings is 2. The van der Waals surface area contributed by atoms with Crippen LogP contribution in [0.25, 0.3) is 0 Å². The SMILES string of the molecule is CCc1ccc(CN(C)S(=O)(=O)c2cc(C)ccc2OC)cc1. The lowest BCUT2D eigenvalue weighted by atomic mass is 10.1. The summed E-state index contributed by atoms with van der Waals surface area (Å²) in [6, 6.07) is 13.2. The van der Waals surface area contributed by atoms with Crippen LogP contribution in [0.4, 0.5) is 0 Å². The first-order chi connectivity index (χ1) is 10.9. The lowest BCUT2D eigenvalue weighted by molar-refractivity contribution is 0.397. The summed E-state index contributed by atoms with van der Waals surface area (Å²) >= 11 is 0. The molecule has 0 N–H and O–H groups in total. The molecule has 0 saturated carbocycles. The van der Waals surface area contributed by atoms with E-state index in [0.717, 1.165) is 17.5 Å². The van der Waals surface area contributed by atoms with Gasteiger partial charge in [-0.15, -0.1) is 0 Å². The predicted octanol–water partition coefficient (Wildman–Crippen LogP) is 3.39. The van der Waals surface area contributed by atoms with Gasteiger partial charge in [0.05, 0.1) is 7.11 Å². The molecular formula is C18H23NO3S. The zero-order chi connectivity index (χ0) is 17.0. The Balaban J connectivity index is 2.29. The van der Waals surface area contributed by atoms with Crippen molar-refractivity contribution in [3.05, 3.63) is 59.2 Å². The number of methoxy groups -OCH3 is 1. The monoisotopic (exact) mass is 333 g/mol. The van der Waals surface area contributed by atoms with Gasteiger partial charge in [-0.1, -0.05) is 37.3 Å². The van der Waals surface area contributed by atoms with Crippen molar-refractivity contribution >= 4 is 10.0 Å². The van der Waals surface area contributed by atoms with Crippen molar-refractivity contribution in [3.8, 4) is 5.75 Å². The van der Waals surface area contributed by atoms with E-state index in [1.165, 1.54) is 17.0 Å². The van der Waals surface area contributed by atoms with Gasteiger partial charge in [-0.05, 0) is 42.2 Å². The van der Waals surface area contributed by atoms with Gasteiger partial charge in [0.2, 0.25) is 10.0 Å². The first kappa shape index (κ1) is 17.5. The Labute approximate surface area is 138 Å². The van der Waals surface area contributed by atoms with Crippen molar-refractivity contribution in [2.45, 2.75) is 31.7 Å². The molecule has 0 aliphatic carbocycles. The van der Waals surface area contributed by atoms with Crippen molar-refractivity contribution in [1.82, 2.24) is 4.31 Å². The predicted molar refractivity (Wildman–Crippen MR) is 92.2 cm³/mol. The van der Waals surface area contributed by atoms with Crippen LogP contribution in [0, 0.1) is 6.92 Å². The fraction of sp³-hybridized carbons (Fsp3) is 0.333. The van der Waals surface area contributed by atoms with E-state index in [4.69, 9.17) is 4.74 Å². The molecule has 23 heavy (non-hydrogen) atoms. The van der Waals surface area contributed by atoms with Crippen molar-refractivity contribution < 1.29 is 13.2 Å². The first-order valence-corrected chi connectivity index (χ1v) is 9.01.